The summed E-state index contributed by atoms with van der Waals surface area (Å²) in [4.78, 5) is 0. The van der Waals surface area contributed by atoms with Gasteiger partial charge in [-0.2, -0.15) is 12.6 Å². The Balaban J connectivity index is 2.85. The van der Waals surface area contributed by atoms with Crippen LogP contribution in [0.15, 0.2) is 35.7 Å². The van der Waals surface area contributed by atoms with E-state index < -0.39 is 0 Å². The summed E-state index contributed by atoms with van der Waals surface area (Å²) in [5.74, 6) is 0. The molecule has 0 aromatic heterocycles. The Bertz CT molecular complexity index is 189. The first-order valence-electron chi connectivity index (χ1n) is 2.79. The topological polar surface area (TPSA) is 0 Å². The summed E-state index contributed by atoms with van der Waals surface area (Å²) in [6.07, 6.45) is 1.95. The smallest absolute Gasteiger partial charge is 0.0252 e. The van der Waals surface area contributed by atoms with Crippen LogP contribution in [0.2, 0.25) is 0 Å². The van der Waals surface area contributed by atoms with Crippen molar-refractivity contribution >= 4 is 18.7 Å². The lowest BCUT2D eigenvalue weighted by atomic mass is 10.2. The highest BCUT2D eigenvalue weighted by atomic mass is 32.1. The molecule has 1 aromatic rings. The molecule has 0 aliphatic rings. The van der Waals surface area contributed by atoms with Crippen molar-refractivity contribution in [3.05, 3.63) is 41.3 Å². The van der Waals surface area contributed by atoms with Crippen LogP contribution >= 0.6 is 12.6 Å². The highest BCUT2D eigenvalue weighted by molar-refractivity contribution is 7.83. The summed E-state index contributed by atoms with van der Waals surface area (Å²) in [6.45, 7) is 0. The van der Waals surface area contributed by atoms with Gasteiger partial charge in [0.25, 0.3) is 0 Å². The van der Waals surface area contributed by atoms with Crippen molar-refractivity contribution in [2.75, 3.05) is 0 Å². The zero-order chi connectivity index (χ0) is 6.53. The number of hydrogen-bond donors (Lipinski definition) is 1. The maximum atomic E-state index is 3.95. The summed E-state index contributed by atoms with van der Waals surface area (Å²) < 4.78 is 0. The molecule has 46 valence electrons. The van der Waals surface area contributed by atoms with Crippen molar-refractivity contribution in [2.45, 2.75) is 0 Å². The molecule has 1 rings (SSSR count). The van der Waals surface area contributed by atoms with Crippen LogP contribution in [0.5, 0.6) is 0 Å². The van der Waals surface area contributed by atoms with E-state index in [0.717, 1.165) is 0 Å². The second-order valence-corrected chi connectivity index (χ2v) is 2.02. The number of thiol groups is 1. The first-order valence-corrected chi connectivity index (χ1v) is 3.31. The fourth-order valence-corrected chi connectivity index (χ4v) is 0.822. The quantitative estimate of drug-likeness (QED) is 0.564. The minimum absolute atomic E-state index is 1.19. The van der Waals surface area contributed by atoms with Gasteiger partial charge in [0.15, 0.2) is 0 Å². The molecule has 0 spiro atoms. The minimum atomic E-state index is 1.19. The first-order chi connectivity index (χ1) is 4.43. The number of rotatable bonds is 1. The van der Waals surface area contributed by atoms with Crippen molar-refractivity contribution in [3.8, 4) is 0 Å². The monoisotopic (exact) mass is 136 g/mol. The molecule has 0 aliphatic carbocycles. The van der Waals surface area contributed by atoms with E-state index in [0.29, 0.717) is 0 Å². The molecule has 0 saturated heterocycles. The van der Waals surface area contributed by atoms with Gasteiger partial charge in [-0.3, -0.25) is 0 Å². The van der Waals surface area contributed by atoms with Gasteiger partial charge in [0.1, 0.15) is 0 Å². The molecule has 0 unspecified atom stereocenters. The molecule has 9 heavy (non-hydrogen) atoms. The van der Waals surface area contributed by atoms with Crippen molar-refractivity contribution in [1.82, 2.24) is 0 Å². The molecule has 0 fully saturated rings. The third-order valence-corrected chi connectivity index (χ3v) is 1.22. The van der Waals surface area contributed by atoms with E-state index in [-0.39, 0.29) is 0 Å². The molecule has 0 nitrogen and oxygen atoms in total. The van der Waals surface area contributed by atoms with E-state index in [1.165, 1.54) is 5.56 Å². The molecule has 0 N–H and O–H groups in total. The summed E-state index contributed by atoms with van der Waals surface area (Å²) in [5.41, 5.74) is 1.19. The Hall–Kier alpha value is -0.690. The van der Waals surface area contributed by atoms with Gasteiger partial charge < -0.3 is 0 Å². The van der Waals surface area contributed by atoms with Crippen molar-refractivity contribution in [1.29, 1.82) is 0 Å². The Morgan fingerprint density at radius 1 is 1.11 bits per heavy atom. The summed E-state index contributed by atoms with van der Waals surface area (Å²) >= 11 is 3.95. The Kier molecular flexibility index (Phi) is 2.40. The molecule has 0 bridgehead atoms. The van der Waals surface area contributed by atoms with Gasteiger partial charge in [0, 0.05) is 0 Å². The number of benzene rings is 1. The average molecular weight is 136 g/mol. The van der Waals surface area contributed by atoms with Crippen LogP contribution in [0.4, 0.5) is 0 Å². The van der Waals surface area contributed by atoms with Crippen molar-refractivity contribution < 1.29 is 0 Å². The average Bonchev–Trinajstić information content (AvgIpc) is 1.91. The second kappa shape index (κ2) is 3.36. The number of hydrogen-bond acceptors (Lipinski definition) is 1. The molecule has 0 amide bonds. The van der Waals surface area contributed by atoms with Crippen LogP contribution in [-0.2, 0) is 0 Å². The van der Waals surface area contributed by atoms with Crippen LogP contribution < -0.4 is 0 Å². The molecule has 1 heteroatoms. The standard InChI is InChI=1S/C8H8S/c9-7-6-8-4-2-1-3-5-8/h1-7,9H/b7-6+. The summed E-state index contributed by atoms with van der Waals surface area (Å²) in [5, 5.41) is 1.73. The van der Waals surface area contributed by atoms with Crippen LogP contribution in [0.25, 0.3) is 6.08 Å². The minimum Gasteiger partial charge on any atom is -0.151 e. The van der Waals surface area contributed by atoms with Gasteiger partial charge in [-0.05, 0) is 17.0 Å². The Morgan fingerprint density at radius 3 is 2.33 bits per heavy atom. The van der Waals surface area contributed by atoms with Gasteiger partial charge in [-0.15, -0.1) is 0 Å². The van der Waals surface area contributed by atoms with Crippen LogP contribution in [-0.4, -0.2) is 0 Å². The normalized spacial score (nSPS) is 10.3. The maximum Gasteiger partial charge on any atom is -0.0252 e. The predicted molar refractivity (Wildman–Crippen MR) is 44.5 cm³/mol. The fourth-order valence-electron chi connectivity index (χ4n) is 0.650. The summed E-state index contributed by atoms with van der Waals surface area (Å²) in [7, 11) is 0. The van der Waals surface area contributed by atoms with Crippen LogP contribution in [0.3, 0.4) is 0 Å². The highest BCUT2D eigenvalue weighted by Crippen LogP contribution is 2.00. The van der Waals surface area contributed by atoms with E-state index in [1.54, 1.807) is 5.41 Å². The maximum absolute atomic E-state index is 3.95. The van der Waals surface area contributed by atoms with Gasteiger partial charge in [0.05, 0.1) is 0 Å². The van der Waals surface area contributed by atoms with Crippen LogP contribution in [0, 0.1) is 0 Å². The zero-order valence-electron chi connectivity index (χ0n) is 4.99. The molecular weight excluding hydrogens is 128 g/mol. The largest absolute Gasteiger partial charge is 0.151 e. The Labute approximate surface area is 60.6 Å². The van der Waals surface area contributed by atoms with E-state index in [9.17, 15) is 0 Å². The Morgan fingerprint density at radius 2 is 1.78 bits per heavy atom. The van der Waals surface area contributed by atoms with Crippen molar-refractivity contribution in [2.24, 2.45) is 0 Å². The van der Waals surface area contributed by atoms with Gasteiger partial charge in [-0.25, -0.2) is 0 Å². The van der Waals surface area contributed by atoms with Crippen LogP contribution in [0.1, 0.15) is 5.56 Å². The molecule has 0 radical (unpaired) electrons. The van der Waals surface area contributed by atoms with Gasteiger partial charge >= 0.3 is 0 Å². The lowest BCUT2D eigenvalue weighted by Gasteiger charge is -1.86. The molecule has 0 heterocycles. The third-order valence-electron chi connectivity index (χ3n) is 1.07. The lowest BCUT2D eigenvalue weighted by Crippen LogP contribution is -1.64. The van der Waals surface area contributed by atoms with E-state index >= 15 is 0 Å². The van der Waals surface area contributed by atoms with Crippen molar-refractivity contribution in [3.63, 3.8) is 0 Å². The summed E-state index contributed by atoms with van der Waals surface area (Å²) in [6, 6.07) is 10.1. The fraction of sp³-hybridized carbons (Fsp3) is 0. The van der Waals surface area contributed by atoms with E-state index in [2.05, 4.69) is 12.6 Å². The zero-order valence-corrected chi connectivity index (χ0v) is 5.88. The molecule has 0 atom stereocenters. The predicted octanol–water partition coefficient (Wildman–Crippen LogP) is 2.59. The second-order valence-electron chi connectivity index (χ2n) is 1.73. The molecule has 0 aliphatic heterocycles. The molecule has 1 aromatic carbocycles. The van der Waals surface area contributed by atoms with E-state index in [4.69, 9.17) is 0 Å². The lowest BCUT2D eigenvalue weighted by molar-refractivity contribution is 1.67. The highest BCUT2D eigenvalue weighted by Gasteiger charge is 1.77. The molecule has 0 saturated carbocycles. The first kappa shape index (κ1) is 6.43. The van der Waals surface area contributed by atoms with E-state index in [1.807, 2.05) is 36.4 Å². The van der Waals surface area contributed by atoms with Gasteiger partial charge in [-0.1, -0.05) is 30.3 Å². The van der Waals surface area contributed by atoms with Gasteiger partial charge in [0.2, 0.25) is 0 Å². The SMILES string of the molecule is S/C=C/c1ccccc1. The third kappa shape index (κ3) is 1.94. The molecular formula is C8H8S.